The molecule has 0 unspecified atom stereocenters. The largest absolute Gasteiger partial charge is 0.299 e. The van der Waals surface area contributed by atoms with Crippen LogP contribution in [0.1, 0.15) is 111 Å². The van der Waals surface area contributed by atoms with Crippen LogP contribution in [0.3, 0.4) is 0 Å². The monoisotopic (exact) mass is 356 g/mol. The number of unbranched alkanes of at least 4 members (excludes halogenated alkanes) is 10. The second-order valence-electron chi connectivity index (χ2n) is 8.27. The van der Waals surface area contributed by atoms with E-state index in [4.69, 9.17) is 0 Å². The highest BCUT2D eigenvalue weighted by atomic mass is 32.2. The second kappa shape index (κ2) is 17.8. The van der Waals surface area contributed by atoms with E-state index in [1.807, 2.05) is 0 Å². The van der Waals surface area contributed by atoms with Crippen LogP contribution < -0.4 is 0 Å². The van der Waals surface area contributed by atoms with Gasteiger partial charge in [0, 0.05) is 6.42 Å². The SMILES string of the molecule is CC(C)CCCCCCCCCCCCCC(=O)CSCC(C)C. The number of carbonyl (C=O) groups is 1. The van der Waals surface area contributed by atoms with Gasteiger partial charge >= 0.3 is 0 Å². The smallest absolute Gasteiger partial charge is 0.142 e. The Hall–Kier alpha value is 0.0200. The summed E-state index contributed by atoms with van der Waals surface area (Å²) in [7, 11) is 0. The van der Waals surface area contributed by atoms with Gasteiger partial charge in [0.1, 0.15) is 5.78 Å². The van der Waals surface area contributed by atoms with Crippen LogP contribution in [0, 0.1) is 11.8 Å². The Labute approximate surface area is 157 Å². The summed E-state index contributed by atoms with van der Waals surface area (Å²) in [6.07, 6.45) is 17.2. The zero-order valence-corrected chi connectivity index (χ0v) is 17.9. The Kier molecular flexibility index (Phi) is 17.8. The third-order valence-corrected chi connectivity index (χ3v) is 5.88. The molecule has 0 fully saturated rings. The third kappa shape index (κ3) is 20.1. The van der Waals surface area contributed by atoms with Gasteiger partial charge in [0.25, 0.3) is 0 Å². The van der Waals surface area contributed by atoms with Crippen molar-refractivity contribution < 1.29 is 4.79 Å². The molecule has 0 saturated heterocycles. The maximum absolute atomic E-state index is 11.7. The molecule has 0 bridgehead atoms. The third-order valence-electron chi connectivity index (χ3n) is 4.45. The van der Waals surface area contributed by atoms with Gasteiger partial charge in [-0.2, -0.15) is 11.8 Å². The molecule has 0 aliphatic rings. The molecule has 0 rings (SSSR count). The first-order chi connectivity index (χ1) is 11.5. The average molecular weight is 357 g/mol. The van der Waals surface area contributed by atoms with Crippen molar-refractivity contribution in [1.29, 1.82) is 0 Å². The summed E-state index contributed by atoms with van der Waals surface area (Å²) in [4.78, 5) is 11.7. The van der Waals surface area contributed by atoms with Crippen LogP contribution in [0.2, 0.25) is 0 Å². The number of thioether (sulfide) groups is 1. The van der Waals surface area contributed by atoms with Crippen LogP contribution in [-0.4, -0.2) is 17.3 Å². The van der Waals surface area contributed by atoms with Gasteiger partial charge in [-0.3, -0.25) is 4.79 Å². The van der Waals surface area contributed by atoms with Crippen LogP contribution >= 0.6 is 11.8 Å². The number of carbonyl (C=O) groups excluding carboxylic acids is 1. The summed E-state index contributed by atoms with van der Waals surface area (Å²) in [5, 5.41) is 0. The standard InChI is InChI=1S/C22H44OS/c1-20(2)16-14-12-10-8-6-5-7-9-11-13-15-17-22(23)19-24-18-21(3)4/h20-21H,5-19H2,1-4H3. The van der Waals surface area contributed by atoms with Gasteiger partial charge in [0.15, 0.2) is 0 Å². The summed E-state index contributed by atoms with van der Waals surface area (Å²) < 4.78 is 0. The van der Waals surface area contributed by atoms with Crippen LogP contribution in [0.4, 0.5) is 0 Å². The Morgan fingerprint density at radius 3 is 1.58 bits per heavy atom. The lowest BCUT2D eigenvalue weighted by Crippen LogP contribution is -2.03. The lowest BCUT2D eigenvalue weighted by molar-refractivity contribution is -0.116. The number of Topliss-reactive ketones (excluding diaryl/α,β-unsaturated/α-hetero) is 1. The maximum Gasteiger partial charge on any atom is 0.142 e. The molecule has 24 heavy (non-hydrogen) atoms. The fourth-order valence-corrected chi connectivity index (χ4v) is 3.91. The van der Waals surface area contributed by atoms with Crippen molar-refractivity contribution in [2.45, 2.75) is 111 Å². The average Bonchev–Trinajstić information content (AvgIpc) is 2.51. The van der Waals surface area contributed by atoms with Crippen LogP contribution in [0.5, 0.6) is 0 Å². The minimum atomic E-state index is 0.457. The number of hydrogen-bond acceptors (Lipinski definition) is 2. The van der Waals surface area contributed by atoms with E-state index < -0.39 is 0 Å². The van der Waals surface area contributed by atoms with Gasteiger partial charge in [-0.1, -0.05) is 98.3 Å². The molecule has 0 aromatic heterocycles. The van der Waals surface area contributed by atoms with Crippen molar-refractivity contribution in [2.75, 3.05) is 11.5 Å². The van der Waals surface area contributed by atoms with Gasteiger partial charge < -0.3 is 0 Å². The van der Waals surface area contributed by atoms with Crippen molar-refractivity contribution in [2.24, 2.45) is 11.8 Å². The zero-order chi connectivity index (χ0) is 18.0. The predicted molar refractivity (Wildman–Crippen MR) is 112 cm³/mol. The van der Waals surface area contributed by atoms with E-state index in [2.05, 4.69) is 27.7 Å². The minimum Gasteiger partial charge on any atom is -0.299 e. The molecule has 0 heterocycles. The van der Waals surface area contributed by atoms with Crippen molar-refractivity contribution >= 4 is 17.5 Å². The molecule has 0 spiro atoms. The van der Waals surface area contributed by atoms with Gasteiger partial charge in [-0.25, -0.2) is 0 Å². The molecule has 0 saturated carbocycles. The molecular weight excluding hydrogens is 312 g/mol. The zero-order valence-electron chi connectivity index (χ0n) is 17.1. The van der Waals surface area contributed by atoms with E-state index in [-0.39, 0.29) is 0 Å². The molecule has 2 heteroatoms. The predicted octanol–water partition coefficient (Wildman–Crippen LogP) is 7.67. The van der Waals surface area contributed by atoms with Gasteiger partial charge in [0.2, 0.25) is 0 Å². The quantitative estimate of drug-likeness (QED) is 0.234. The lowest BCUT2D eigenvalue weighted by atomic mass is 10.0. The first kappa shape index (κ1) is 24.0. The number of hydrogen-bond donors (Lipinski definition) is 0. The van der Waals surface area contributed by atoms with Crippen molar-refractivity contribution in [3.8, 4) is 0 Å². The Morgan fingerprint density at radius 1 is 0.667 bits per heavy atom. The van der Waals surface area contributed by atoms with Crippen LogP contribution in [0.25, 0.3) is 0 Å². The van der Waals surface area contributed by atoms with Gasteiger partial charge in [0.05, 0.1) is 5.75 Å². The minimum absolute atomic E-state index is 0.457. The molecular formula is C22H44OS. The van der Waals surface area contributed by atoms with Gasteiger partial charge in [-0.05, 0) is 24.0 Å². The number of rotatable bonds is 18. The fraction of sp³-hybridized carbons (Fsp3) is 0.955. The van der Waals surface area contributed by atoms with Crippen LogP contribution in [0.15, 0.2) is 0 Å². The summed E-state index contributed by atoms with van der Waals surface area (Å²) in [6, 6.07) is 0. The first-order valence-corrected chi connectivity index (χ1v) is 11.8. The number of ketones is 1. The lowest BCUT2D eigenvalue weighted by Gasteiger charge is -2.05. The highest BCUT2D eigenvalue weighted by molar-refractivity contribution is 7.99. The van der Waals surface area contributed by atoms with E-state index in [0.29, 0.717) is 11.7 Å². The van der Waals surface area contributed by atoms with E-state index in [1.165, 1.54) is 70.6 Å². The second-order valence-corrected chi connectivity index (χ2v) is 9.30. The molecule has 144 valence electrons. The summed E-state index contributed by atoms with van der Waals surface area (Å²) in [6.45, 7) is 9.07. The van der Waals surface area contributed by atoms with E-state index >= 15 is 0 Å². The highest BCUT2D eigenvalue weighted by Crippen LogP contribution is 2.14. The normalized spacial score (nSPS) is 11.6. The Bertz CT molecular complexity index is 273. The first-order valence-electron chi connectivity index (χ1n) is 10.6. The van der Waals surface area contributed by atoms with Crippen molar-refractivity contribution in [3.63, 3.8) is 0 Å². The summed E-state index contributed by atoms with van der Waals surface area (Å²) in [5.41, 5.74) is 0. The Morgan fingerprint density at radius 2 is 1.12 bits per heavy atom. The molecule has 0 N–H and O–H groups in total. The molecule has 0 aliphatic carbocycles. The highest BCUT2D eigenvalue weighted by Gasteiger charge is 2.03. The molecule has 0 radical (unpaired) electrons. The van der Waals surface area contributed by atoms with Crippen molar-refractivity contribution in [1.82, 2.24) is 0 Å². The molecule has 0 aromatic carbocycles. The van der Waals surface area contributed by atoms with E-state index in [0.717, 1.165) is 30.3 Å². The molecule has 0 aromatic rings. The Balaban J connectivity index is 3.13. The molecule has 0 atom stereocenters. The maximum atomic E-state index is 11.7. The fourth-order valence-electron chi connectivity index (χ4n) is 2.95. The molecule has 1 nitrogen and oxygen atoms in total. The topological polar surface area (TPSA) is 17.1 Å². The van der Waals surface area contributed by atoms with E-state index in [9.17, 15) is 4.79 Å². The van der Waals surface area contributed by atoms with E-state index in [1.54, 1.807) is 11.8 Å². The summed E-state index contributed by atoms with van der Waals surface area (Å²) in [5.74, 6) is 3.87. The van der Waals surface area contributed by atoms with Crippen LogP contribution in [-0.2, 0) is 4.79 Å². The molecule has 0 amide bonds. The van der Waals surface area contributed by atoms with Gasteiger partial charge in [-0.15, -0.1) is 0 Å². The summed E-state index contributed by atoms with van der Waals surface area (Å²) >= 11 is 1.81. The van der Waals surface area contributed by atoms with Crippen molar-refractivity contribution in [3.05, 3.63) is 0 Å². The molecule has 0 aliphatic heterocycles.